The molecule has 0 heterocycles. The number of carbonyl (C=O) groups is 2. The van der Waals surface area contributed by atoms with Gasteiger partial charge in [0.15, 0.2) is 0 Å². The third kappa shape index (κ3) is 6.09. The number of carbonyl (C=O) groups excluding carboxylic acids is 2. The van der Waals surface area contributed by atoms with Gasteiger partial charge in [0.1, 0.15) is 6.04 Å². The lowest BCUT2D eigenvalue weighted by atomic mass is 9.86. The van der Waals surface area contributed by atoms with Gasteiger partial charge >= 0.3 is 6.09 Å². The minimum Gasteiger partial charge on any atom is -0.453 e. The van der Waals surface area contributed by atoms with E-state index in [1.54, 1.807) is 12.1 Å². The van der Waals surface area contributed by atoms with Gasteiger partial charge in [-0.15, -0.1) is 0 Å². The zero-order valence-electron chi connectivity index (χ0n) is 17.2. The van der Waals surface area contributed by atoms with Crippen molar-refractivity contribution >= 4 is 12.0 Å². The number of rotatable bonds is 6. The molecule has 1 unspecified atom stereocenters. The van der Waals surface area contributed by atoms with Crippen LogP contribution in [-0.4, -0.2) is 37.2 Å². The average Bonchev–Trinajstić information content (AvgIpc) is 2.66. The maximum Gasteiger partial charge on any atom is 0.407 e. The first-order valence-corrected chi connectivity index (χ1v) is 9.21. The topological polar surface area (TPSA) is 70.7 Å². The van der Waals surface area contributed by atoms with E-state index in [9.17, 15) is 9.59 Å². The Labute approximate surface area is 166 Å². The molecule has 0 aliphatic heterocycles. The summed E-state index contributed by atoms with van der Waals surface area (Å²) < 4.78 is 4.63. The number of alkyl carbamates (subject to hydrolysis) is 1. The molecule has 0 saturated heterocycles. The van der Waals surface area contributed by atoms with Crippen LogP contribution in [0.4, 0.5) is 4.79 Å². The Hall–Kier alpha value is -2.86. The van der Waals surface area contributed by atoms with Crippen LogP contribution >= 0.6 is 0 Å². The van der Waals surface area contributed by atoms with Crippen LogP contribution in [0.25, 0.3) is 11.1 Å². The van der Waals surface area contributed by atoms with Crippen molar-refractivity contribution in [3.8, 4) is 11.1 Å². The second kappa shape index (κ2) is 9.37. The van der Waals surface area contributed by atoms with Gasteiger partial charge in [-0.2, -0.15) is 0 Å². The third-order valence-corrected chi connectivity index (χ3v) is 4.36. The summed E-state index contributed by atoms with van der Waals surface area (Å²) in [6.07, 6.45) is -0.630. The minimum absolute atomic E-state index is 0.290. The summed E-state index contributed by atoms with van der Waals surface area (Å²) in [6, 6.07) is 17.7. The molecule has 2 rings (SSSR count). The molecular formula is C22H29N3O3. The molecule has 1 atom stereocenters. The van der Waals surface area contributed by atoms with E-state index in [0.717, 1.165) is 16.7 Å². The van der Waals surface area contributed by atoms with Gasteiger partial charge in [-0.1, -0.05) is 75.4 Å². The van der Waals surface area contributed by atoms with Crippen LogP contribution in [0.5, 0.6) is 0 Å². The van der Waals surface area contributed by atoms with Crippen LogP contribution in [-0.2, 0) is 16.1 Å². The van der Waals surface area contributed by atoms with Gasteiger partial charge in [0.25, 0.3) is 5.91 Å². The van der Waals surface area contributed by atoms with Crippen molar-refractivity contribution in [1.82, 2.24) is 15.8 Å². The summed E-state index contributed by atoms with van der Waals surface area (Å²) in [7, 11) is 3.07. The molecule has 0 aromatic heterocycles. The Kier molecular flexibility index (Phi) is 7.18. The summed E-state index contributed by atoms with van der Waals surface area (Å²) in [4.78, 5) is 24.2. The Morgan fingerprint density at radius 3 is 2.11 bits per heavy atom. The fourth-order valence-corrected chi connectivity index (χ4v) is 2.85. The molecule has 150 valence electrons. The monoisotopic (exact) mass is 383 g/mol. The van der Waals surface area contributed by atoms with Gasteiger partial charge in [-0.3, -0.25) is 10.2 Å². The van der Waals surface area contributed by atoms with Crippen molar-refractivity contribution in [2.24, 2.45) is 5.41 Å². The van der Waals surface area contributed by atoms with Crippen LogP contribution in [0.1, 0.15) is 26.3 Å². The molecule has 0 fully saturated rings. The lowest BCUT2D eigenvalue weighted by molar-refractivity contribution is -0.130. The van der Waals surface area contributed by atoms with Gasteiger partial charge in [-0.25, -0.2) is 9.80 Å². The summed E-state index contributed by atoms with van der Waals surface area (Å²) in [5, 5.41) is 4.31. The number of ether oxygens (including phenoxy) is 1. The molecule has 0 aliphatic carbocycles. The van der Waals surface area contributed by atoms with Crippen molar-refractivity contribution in [2.45, 2.75) is 33.4 Å². The van der Waals surface area contributed by atoms with E-state index >= 15 is 0 Å². The quantitative estimate of drug-likeness (QED) is 0.748. The molecule has 0 radical (unpaired) electrons. The van der Waals surface area contributed by atoms with E-state index in [4.69, 9.17) is 0 Å². The maximum atomic E-state index is 12.7. The van der Waals surface area contributed by atoms with E-state index in [1.807, 2.05) is 51.1 Å². The van der Waals surface area contributed by atoms with Crippen molar-refractivity contribution < 1.29 is 14.3 Å². The Morgan fingerprint density at radius 1 is 1.00 bits per heavy atom. The Morgan fingerprint density at radius 2 is 1.57 bits per heavy atom. The third-order valence-electron chi connectivity index (χ3n) is 4.36. The number of amides is 2. The van der Waals surface area contributed by atoms with Crippen molar-refractivity contribution in [2.75, 3.05) is 14.2 Å². The summed E-state index contributed by atoms with van der Waals surface area (Å²) >= 11 is 0. The van der Waals surface area contributed by atoms with Gasteiger partial charge < -0.3 is 10.1 Å². The number of hydrogen-bond acceptors (Lipinski definition) is 4. The maximum absolute atomic E-state index is 12.7. The van der Waals surface area contributed by atoms with E-state index in [1.165, 1.54) is 7.11 Å². The first kappa shape index (κ1) is 21.4. The largest absolute Gasteiger partial charge is 0.453 e. The molecule has 2 aromatic rings. The number of benzene rings is 2. The van der Waals surface area contributed by atoms with Crippen molar-refractivity contribution in [3.05, 3.63) is 60.2 Å². The van der Waals surface area contributed by atoms with E-state index in [-0.39, 0.29) is 5.91 Å². The molecule has 6 nitrogen and oxygen atoms in total. The highest BCUT2D eigenvalue weighted by Crippen LogP contribution is 2.21. The number of nitrogens with one attached hydrogen (secondary N) is 2. The standard InChI is InChI=1S/C22H29N3O3/c1-22(2,3)19(23-21(27)28-5)20(26)24-25(4)15-16-11-13-18(14-12-16)17-9-7-6-8-10-17/h6-14,19H,15H2,1-5H3,(H,23,27)(H,24,26). The smallest absolute Gasteiger partial charge is 0.407 e. The van der Waals surface area contributed by atoms with E-state index in [2.05, 4.69) is 39.7 Å². The minimum atomic E-state index is -0.720. The van der Waals surface area contributed by atoms with Gasteiger partial charge in [-0.05, 0) is 22.1 Å². The van der Waals surface area contributed by atoms with Crippen molar-refractivity contribution in [3.63, 3.8) is 0 Å². The van der Waals surface area contributed by atoms with E-state index < -0.39 is 17.6 Å². The highest BCUT2D eigenvalue weighted by Gasteiger charge is 2.33. The van der Waals surface area contributed by atoms with Gasteiger partial charge in [0, 0.05) is 13.6 Å². The van der Waals surface area contributed by atoms with Crippen molar-refractivity contribution in [1.29, 1.82) is 0 Å². The Balaban J connectivity index is 1.99. The SMILES string of the molecule is COC(=O)NC(C(=O)NN(C)Cc1ccc(-c2ccccc2)cc1)C(C)(C)C. The average molecular weight is 383 g/mol. The first-order chi connectivity index (χ1) is 13.2. The lowest BCUT2D eigenvalue weighted by Gasteiger charge is -2.31. The molecule has 2 aromatic carbocycles. The molecular weight excluding hydrogens is 354 g/mol. The zero-order chi connectivity index (χ0) is 20.7. The molecule has 0 spiro atoms. The second-order valence-electron chi connectivity index (χ2n) is 7.83. The zero-order valence-corrected chi connectivity index (χ0v) is 17.2. The number of nitrogens with zero attached hydrogens (tertiary/aromatic N) is 1. The fraction of sp³-hybridized carbons (Fsp3) is 0.364. The summed E-state index contributed by atoms with van der Waals surface area (Å²) in [6.45, 7) is 6.19. The fourth-order valence-electron chi connectivity index (χ4n) is 2.85. The van der Waals surface area contributed by atoms with Crippen LogP contribution in [0.3, 0.4) is 0 Å². The highest BCUT2D eigenvalue weighted by atomic mass is 16.5. The van der Waals surface area contributed by atoms with E-state index in [0.29, 0.717) is 6.54 Å². The summed E-state index contributed by atoms with van der Waals surface area (Å²) in [5.41, 5.74) is 5.75. The van der Waals surface area contributed by atoms with Crippen LogP contribution in [0.2, 0.25) is 0 Å². The lowest BCUT2D eigenvalue weighted by Crippen LogP contribution is -2.56. The highest BCUT2D eigenvalue weighted by molar-refractivity contribution is 5.86. The van der Waals surface area contributed by atoms with Gasteiger partial charge in [0.05, 0.1) is 7.11 Å². The molecule has 0 bridgehead atoms. The van der Waals surface area contributed by atoms with Crippen LogP contribution in [0, 0.1) is 5.41 Å². The predicted molar refractivity (Wildman–Crippen MR) is 110 cm³/mol. The number of hydrogen-bond donors (Lipinski definition) is 2. The molecule has 0 saturated carbocycles. The van der Waals surface area contributed by atoms with Crippen LogP contribution < -0.4 is 10.7 Å². The number of hydrazine groups is 1. The molecule has 6 heteroatoms. The number of methoxy groups -OCH3 is 1. The molecule has 2 amide bonds. The summed E-state index contributed by atoms with van der Waals surface area (Å²) in [5.74, 6) is -0.290. The first-order valence-electron chi connectivity index (χ1n) is 9.21. The Bertz CT molecular complexity index is 783. The molecule has 0 aliphatic rings. The van der Waals surface area contributed by atoms with Crippen LogP contribution in [0.15, 0.2) is 54.6 Å². The molecule has 28 heavy (non-hydrogen) atoms. The normalized spacial score (nSPS) is 12.4. The molecule has 2 N–H and O–H groups in total. The predicted octanol–water partition coefficient (Wildman–Crippen LogP) is 3.59. The second-order valence-corrected chi connectivity index (χ2v) is 7.83. The van der Waals surface area contributed by atoms with Gasteiger partial charge in [0.2, 0.25) is 0 Å².